The molecule has 3 heterocycles. The summed E-state index contributed by atoms with van der Waals surface area (Å²) in [5, 5.41) is 9.63. The molecular weight excluding hydrogens is 350 g/mol. The smallest absolute Gasteiger partial charge is 0.262 e. The highest BCUT2D eigenvalue weighted by Crippen LogP contribution is 2.23. The van der Waals surface area contributed by atoms with Crippen molar-refractivity contribution in [1.29, 1.82) is 0 Å². The maximum absolute atomic E-state index is 12.6. The first-order chi connectivity index (χ1) is 12.6. The molecule has 8 heteroatoms. The average Bonchev–Trinajstić information content (AvgIpc) is 3.09. The molecule has 7 nitrogen and oxygen atoms in total. The highest BCUT2D eigenvalue weighted by atomic mass is 32.2. The molecule has 136 valence electrons. The summed E-state index contributed by atoms with van der Waals surface area (Å²) < 4.78 is 3.35. The fourth-order valence-electron chi connectivity index (χ4n) is 3.58. The van der Waals surface area contributed by atoms with Crippen molar-refractivity contribution in [3.8, 4) is 0 Å². The number of aryl methyl sites for hydroxylation is 1. The Morgan fingerprint density at radius 2 is 2.08 bits per heavy atom. The van der Waals surface area contributed by atoms with Crippen LogP contribution in [-0.4, -0.2) is 48.3 Å². The molecule has 1 saturated heterocycles. The van der Waals surface area contributed by atoms with Crippen LogP contribution in [0, 0.1) is 0 Å². The molecule has 1 aliphatic heterocycles. The predicted molar refractivity (Wildman–Crippen MR) is 101 cm³/mol. The molecule has 0 bridgehead atoms. The average molecular weight is 371 g/mol. The van der Waals surface area contributed by atoms with Crippen LogP contribution in [-0.2, 0) is 11.8 Å². The van der Waals surface area contributed by atoms with Crippen LogP contribution in [0.4, 0.5) is 0 Å². The van der Waals surface area contributed by atoms with Crippen molar-refractivity contribution in [2.45, 2.75) is 37.4 Å². The highest BCUT2D eigenvalue weighted by molar-refractivity contribution is 7.99. The summed E-state index contributed by atoms with van der Waals surface area (Å²) in [5.74, 6) is 0.936. The third-order valence-corrected chi connectivity index (χ3v) is 5.96. The van der Waals surface area contributed by atoms with Gasteiger partial charge in [0.05, 0.1) is 16.7 Å². The van der Waals surface area contributed by atoms with E-state index in [4.69, 9.17) is 0 Å². The quantitative estimate of drug-likeness (QED) is 0.659. The lowest BCUT2D eigenvalue weighted by molar-refractivity contribution is -0.131. The first-order valence-electron chi connectivity index (χ1n) is 8.83. The number of amides is 1. The molecule has 0 saturated carbocycles. The normalized spacial score (nSPS) is 17.9. The number of thioether (sulfide) groups is 1. The molecular formula is C18H21N5O2S. The van der Waals surface area contributed by atoms with Gasteiger partial charge in [0.2, 0.25) is 11.7 Å². The molecule has 0 N–H and O–H groups in total. The minimum Gasteiger partial charge on any atom is -0.339 e. The topological polar surface area (TPSA) is 72.5 Å². The van der Waals surface area contributed by atoms with Crippen LogP contribution in [0.2, 0.25) is 0 Å². The van der Waals surface area contributed by atoms with Crippen LogP contribution in [0.25, 0.3) is 16.7 Å². The maximum Gasteiger partial charge on any atom is 0.262 e. The summed E-state index contributed by atoms with van der Waals surface area (Å²) in [6.45, 7) is 2.94. The van der Waals surface area contributed by atoms with E-state index in [1.807, 2.05) is 27.5 Å². The lowest BCUT2D eigenvalue weighted by Gasteiger charge is -2.33. The third-order valence-electron chi connectivity index (χ3n) is 5.04. The van der Waals surface area contributed by atoms with Gasteiger partial charge in [-0.25, -0.2) is 0 Å². The summed E-state index contributed by atoms with van der Waals surface area (Å²) >= 11 is 1.37. The number of carbonyl (C=O) groups excluding carboxylic acids is 1. The molecule has 1 amide bonds. The van der Waals surface area contributed by atoms with Crippen LogP contribution in [0.15, 0.2) is 34.2 Å². The van der Waals surface area contributed by atoms with E-state index in [-0.39, 0.29) is 11.5 Å². The van der Waals surface area contributed by atoms with E-state index >= 15 is 0 Å². The van der Waals surface area contributed by atoms with Crippen LogP contribution >= 0.6 is 11.8 Å². The van der Waals surface area contributed by atoms with Crippen molar-refractivity contribution in [3.63, 3.8) is 0 Å². The zero-order valence-electron chi connectivity index (χ0n) is 14.9. The number of para-hydroxylation sites is 1. The largest absolute Gasteiger partial charge is 0.339 e. The van der Waals surface area contributed by atoms with E-state index < -0.39 is 0 Å². The Balaban J connectivity index is 1.67. The number of piperidine rings is 1. The van der Waals surface area contributed by atoms with Gasteiger partial charge < -0.3 is 4.90 Å². The number of carbonyl (C=O) groups is 1. The maximum atomic E-state index is 12.6. The Hall–Kier alpha value is -2.35. The number of likely N-dealkylation sites (tertiary alicyclic amines) is 1. The predicted octanol–water partition coefficient (Wildman–Crippen LogP) is 2.07. The molecule has 3 aromatic rings. The first-order valence-corrected chi connectivity index (χ1v) is 9.81. The van der Waals surface area contributed by atoms with Gasteiger partial charge in [-0.05, 0) is 38.3 Å². The number of aromatic nitrogens is 4. The Kier molecular flexibility index (Phi) is 4.44. The summed E-state index contributed by atoms with van der Waals surface area (Å²) in [6, 6.07) is 7.70. The van der Waals surface area contributed by atoms with Gasteiger partial charge in [0, 0.05) is 19.6 Å². The van der Waals surface area contributed by atoms with Crippen LogP contribution in [0.3, 0.4) is 0 Å². The Labute approximate surface area is 155 Å². The molecule has 2 aromatic heterocycles. The van der Waals surface area contributed by atoms with E-state index in [1.165, 1.54) is 22.7 Å². The molecule has 1 fully saturated rings. The number of fused-ring (bicyclic) bond motifs is 3. The standard InChI is InChI=1S/C18H21N5O2S/c1-12-7-5-6-10-22(12)15(24)11-26-18-20-19-17-21(2)16(25)13-8-3-4-9-14(13)23(17)18/h3-4,8-9,12H,5-7,10-11H2,1-2H3/t12-/m1/s1. The summed E-state index contributed by atoms with van der Waals surface area (Å²) in [5.41, 5.74) is 0.659. The SMILES string of the molecule is C[C@@H]1CCCCN1C(=O)CSc1nnc2n(C)c(=O)c3ccccc3n12. The molecule has 1 aliphatic rings. The molecule has 4 rings (SSSR count). The van der Waals surface area contributed by atoms with Crippen molar-refractivity contribution in [2.75, 3.05) is 12.3 Å². The fraction of sp³-hybridized carbons (Fsp3) is 0.444. The molecule has 0 radical (unpaired) electrons. The number of hydrogen-bond donors (Lipinski definition) is 0. The lowest BCUT2D eigenvalue weighted by atomic mass is 10.0. The zero-order valence-corrected chi connectivity index (χ0v) is 15.7. The van der Waals surface area contributed by atoms with Crippen LogP contribution in [0.1, 0.15) is 26.2 Å². The summed E-state index contributed by atoms with van der Waals surface area (Å²) in [4.78, 5) is 27.1. The van der Waals surface area contributed by atoms with E-state index in [0.717, 1.165) is 24.9 Å². The Bertz CT molecular complexity index is 1040. The minimum atomic E-state index is -0.102. The van der Waals surface area contributed by atoms with Crippen molar-refractivity contribution < 1.29 is 4.79 Å². The number of benzene rings is 1. The van der Waals surface area contributed by atoms with Gasteiger partial charge in [0.1, 0.15) is 0 Å². The second kappa shape index (κ2) is 6.75. The van der Waals surface area contributed by atoms with Gasteiger partial charge >= 0.3 is 0 Å². The minimum absolute atomic E-state index is 0.102. The molecule has 1 aromatic carbocycles. The van der Waals surface area contributed by atoms with Crippen molar-refractivity contribution >= 4 is 34.3 Å². The number of hydrogen-bond acceptors (Lipinski definition) is 5. The van der Waals surface area contributed by atoms with Crippen molar-refractivity contribution in [2.24, 2.45) is 7.05 Å². The second-order valence-corrected chi connectivity index (χ2v) is 7.66. The van der Waals surface area contributed by atoms with Crippen molar-refractivity contribution in [1.82, 2.24) is 24.1 Å². The summed E-state index contributed by atoms with van der Waals surface area (Å²) in [7, 11) is 1.69. The Morgan fingerprint density at radius 3 is 2.88 bits per heavy atom. The summed E-state index contributed by atoms with van der Waals surface area (Å²) in [6.07, 6.45) is 3.32. The second-order valence-electron chi connectivity index (χ2n) is 6.72. The lowest BCUT2D eigenvalue weighted by Crippen LogP contribution is -2.42. The van der Waals surface area contributed by atoms with E-state index in [9.17, 15) is 9.59 Å². The van der Waals surface area contributed by atoms with E-state index in [1.54, 1.807) is 13.1 Å². The van der Waals surface area contributed by atoms with E-state index in [2.05, 4.69) is 17.1 Å². The third kappa shape index (κ3) is 2.78. The number of nitrogens with zero attached hydrogens (tertiary/aromatic N) is 5. The van der Waals surface area contributed by atoms with Crippen LogP contribution < -0.4 is 5.56 Å². The molecule has 0 unspecified atom stereocenters. The van der Waals surface area contributed by atoms with Gasteiger partial charge in [-0.1, -0.05) is 23.9 Å². The monoisotopic (exact) mass is 371 g/mol. The van der Waals surface area contributed by atoms with Gasteiger partial charge in [-0.3, -0.25) is 18.6 Å². The molecule has 26 heavy (non-hydrogen) atoms. The molecule has 0 aliphatic carbocycles. The van der Waals surface area contributed by atoms with Gasteiger partial charge in [0.25, 0.3) is 5.56 Å². The van der Waals surface area contributed by atoms with Crippen molar-refractivity contribution in [3.05, 3.63) is 34.6 Å². The van der Waals surface area contributed by atoms with Crippen LogP contribution in [0.5, 0.6) is 0 Å². The number of rotatable bonds is 3. The Morgan fingerprint density at radius 1 is 1.27 bits per heavy atom. The molecule has 1 atom stereocenters. The first kappa shape index (κ1) is 17.1. The van der Waals surface area contributed by atoms with E-state index in [0.29, 0.717) is 28.1 Å². The highest BCUT2D eigenvalue weighted by Gasteiger charge is 2.24. The molecule has 0 spiro atoms. The van der Waals surface area contributed by atoms with Gasteiger partial charge in [0.15, 0.2) is 5.16 Å². The fourth-order valence-corrected chi connectivity index (χ4v) is 4.41. The van der Waals surface area contributed by atoms with Gasteiger partial charge in [-0.2, -0.15) is 0 Å². The van der Waals surface area contributed by atoms with Gasteiger partial charge in [-0.15, -0.1) is 10.2 Å². The zero-order chi connectivity index (χ0) is 18.3.